The lowest BCUT2D eigenvalue weighted by molar-refractivity contribution is 0.0640. The summed E-state index contributed by atoms with van der Waals surface area (Å²) in [5.41, 5.74) is 0.363. The van der Waals surface area contributed by atoms with Gasteiger partial charge in [-0.1, -0.05) is 6.08 Å². The molecule has 0 fully saturated rings. The van der Waals surface area contributed by atoms with Crippen LogP contribution in [-0.2, 0) is 0 Å². The van der Waals surface area contributed by atoms with E-state index in [4.69, 9.17) is 9.47 Å². The van der Waals surface area contributed by atoms with Gasteiger partial charge in [-0.3, -0.25) is 0 Å². The standard InChI is InChI=1S/C12H14O3/c1-12(8-13)6-5-9-7-10(14-2)3-4-11(9)15-12/h3-7,13H,8H2,1-2H3. The third-order valence-electron chi connectivity index (χ3n) is 2.49. The molecule has 1 heterocycles. The van der Waals surface area contributed by atoms with Gasteiger partial charge in [0.25, 0.3) is 0 Å². The molecule has 0 saturated carbocycles. The molecule has 0 aromatic heterocycles. The van der Waals surface area contributed by atoms with Crippen molar-refractivity contribution in [1.82, 2.24) is 0 Å². The smallest absolute Gasteiger partial charge is 0.148 e. The topological polar surface area (TPSA) is 38.7 Å². The van der Waals surface area contributed by atoms with Gasteiger partial charge in [0.15, 0.2) is 0 Å². The van der Waals surface area contributed by atoms with Crippen molar-refractivity contribution >= 4 is 6.08 Å². The highest BCUT2D eigenvalue weighted by atomic mass is 16.5. The fourth-order valence-corrected chi connectivity index (χ4v) is 1.51. The summed E-state index contributed by atoms with van der Waals surface area (Å²) in [5, 5.41) is 9.18. The summed E-state index contributed by atoms with van der Waals surface area (Å²) < 4.78 is 10.8. The van der Waals surface area contributed by atoms with Gasteiger partial charge in [-0.15, -0.1) is 0 Å². The molecule has 1 N–H and O–H groups in total. The summed E-state index contributed by atoms with van der Waals surface area (Å²) >= 11 is 0. The van der Waals surface area contributed by atoms with Crippen molar-refractivity contribution in [3.05, 3.63) is 29.8 Å². The first-order valence-electron chi connectivity index (χ1n) is 4.84. The Bertz CT molecular complexity index is 398. The number of aliphatic hydroxyl groups excluding tert-OH is 1. The Hall–Kier alpha value is -1.48. The number of fused-ring (bicyclic) bond motifs is 1. The lowest BCUT2D eigenvalue weighted by atomic mass is 10.0. The van der Waals surface area contributed by atoms with Crippen LogP contribution >= 0.6 is 0 Å². The quantitative estimate of drug-likeness (QED) is 0.802. The zero-order chi connectivity index (χ0) is 10.9. The first kappa shape index (κ1) is 10.1. The van der Waals surface area contributed by atoms with Crippen molar-refractivity contribution in [1.29, 1.82) is 0 Å². The number of ether oxygens (including phenoxy) is 2. The predicted molar refractivity (Wildman–Crippen MR) is 58.1 cm³/mol. The minimum atomic E-state index is -0.610. The molecule has 3 heteroatoms. The molecule has 0 radical (unpaired) electrons. The molecule has 0 bridgehead atoms. The van der Waals surface area contributed by atoms with E-state index in [9.17, 15) is 5.11 Å². The van der Waals surface area contributed by atoms with Crippen molar-refractivity contribution < 1.29 is 14.6 Å². The number of benzene rings is 1. The van der Waals surface area contributed by atoms with Crippen molar-refractivity contribution in [2.45, 2.75) is 12.5 Å². The summed E-state index contributed by atoms with van der Waals surface area (Å²) in [6, 6.07) is 5.60. The van der Waals surface area contributed by atoms with Gasteiger partial charge in [-0.05, 0) is 31.2 Å². The monoisotopic (exact) mass is 206 g/mol. The predicted octanol–water partition coefficient (Wildman–Crippen LogP) is 1.85. The highest BCUT2D eigenvalue weighted by Crippen LogP contribution is 2.33. The maximum atomic E-state index is 9.18. The molecule has 1 aromatic rings. The lowest BCUT2D eigenvalue weighted by Crippen LogP contribution is -2.35. The molecule has 0 spiro atoms. The third kappa shape index (κ3) is 1.83. The van der Waals surface area contributed by atoms with E-state index in [2.05, 4.69) is 0 Å². The van der Waals surface area contributed by atoms with Gasteiger partial charge >= 0.3 is 0 Å². The van der Waals surface area contributed by atoms with Crippen LogP contribution in [-0.4, -0.2) is 24.4 Å². The SMILES string of the molecule is COc1ccc2c(c1)C=CC(C)(CO)O2. The fraction of sp³-hybridized carbons (Fsp3) is 0.333. The normalized spacial score (nSPS) is 23.1. The zero-order valence-electron chi connectivity index (χ0n) is 8.86. The Morgan fingerprint density at radius 3 is 2.93 bits per heavy atom. The molecule has 1 aromatic carbocycles. The minimum absolute atomic E-state index is 0.0328. The molecule has 0 aliphatic carbocycles. The molecule has 1 aliphatic heterocycles. The maximum Gasteiger partial charge on any atom is 0.148 e. The van der Waals surface area contributed by atoms with Gasteiger partial charge < -0.3 is 14.6 Å². The average molecular weight is 206 g/mol. The van der Waals surface area contributed by atoms with Gasteiger partial charge in [-0.25, -0.2) is 0 Å². The molecule has 0 saturated heterocycles. The van der Waals surface area contributed by atoms with Gasteiger partial charge in [0, 0.05) is 5.56 Å². The Morgan fingerprint density at radius 2 is 2.27 bits per heavy atom. The second-order valence-corrected chi connectivity index (χ2v) is 3.81. The Kier molecular flexibility index (Phi) is 2.40. The van der Waals surface area contributed by atoms with Crippen LogP contribution in [0, 0.1) is 0 Å². The summed E-state index contributed by atoms with van der Waals surface area (Å²) in [6.07, 6.45) is 3.80. The molecule has 3 nitrogen and oxygen atoms in total. The second-order valence-electron chi connectivity index (χ2n) is 3.81. The average Bonchev–Trinajstić information content (AvgIpc) is 2.28. The Labute approximate surface area is 88.9 Å². The van der Waals surface area contributed by atoms with Crippen LogP contribution in [0.25, 0.3) is 6.08 Å². The van der Waals surface area contributed by atoms with Crippen LogP contribution in [0.1, 0.15) is 12.5 Å². The maximum absolute atomic E-state index is 9.18. The summed E-state index contributed by atoms with van der Waals surface area (Å²) in [6.45, 7) is 1.81. The molecular formula is C12H14O3. The molecule has 1 aliphatic rings. The van der Waals surface area contributed by atoms with E-state index >= 15 is 0 Å². The van der Waals surface area contributed by atoms with E-state index in [0.717, 1.165) is 17.1 Å². The summed E-state index contributed by atoms with van der Waals surface area (Å²) in [4.78, 5) is 0. The van der Waals surface area contributed by atoms with E-state index in [0.29, 0.717) is 0 Å². The largest absolute Gasteiger partial charge is 0.497 e. The van der Waals surface area contributed by atoms with E-state index in [1.54, 1.807) is 7.11 Å². The fourth-order valence-electron chi connectivity index (χ4n) is 1.51. The first-order chi connectivity index (χ1) is 7.17. The zero-order valence-corrected chi connectivity index (χ0v) is 8.86. The second kappa shape index (κ2) is 3.59. The van der Waals surface area contributed by atoms with Crippen LogP contribution < -0.4 is 9.47 Å². The van der Waals surface area contributed by atoms with Crippen LogP contribution in [0.2, 0.25) is 0 Å². The van der Waals surface area contributed by atoms with Gasteiger partial charge in [-0.2, -0.15) is 0 Å². The highest BCUT2D eigenvalue weighted by Gasteiger charge is 2.26. The van der Waals surface area contributed by atoms with Crippen molar-refractivity contribution in [3.8, 4) is 11.5 Å². The van der Waals surface area contributed by atoms with Crippen molar-refractivity contribution in [2.75, 3.05) is 13.7 Å². The van der Waals surface area contributed by atoms with E-state index in [-0.39, 0.29) is 6.61 Å². The number of hydrogen-bond donors (Lipinski definition) is 1. The van der Waals surface area contributed by atoms with Crippen LogP contribution in [0.15, 0.2) is 24.3 Å². The van der Waals surface area contributed by atoms with Crippen LogP contribution in [0.3, 0.4) is 0 Å². The van der Waals surface area contributed by atoms with Crippen molar-refractivity contribution in [3.63, 3.8) is 0 Å². The number of methoxy groups -OCH3 is 1. The molecular weight excluding hydrogens is 192 g/mol. The van der Waals surface area contributed by atoms with Gasteiger partial charge in [0.05, 0.1) is 13.7 Å². The molecule has 80 valence electrons. The summed E-state index contributed by atoms with van der Waals surface area (Å²) in [5.74, 6) is 1.57. The van der Waals surface area contributed by atoms with Crippen LogP contribution in [0.5, 0.6) is 11.5 Å². The van der Waals surface area contributed by atoms with Crippen molar-refractivity contribution in [2.24, 2.45) is 0 Å². The van der Waals surface area contributed by atoms with Crippen LogP contribution in [0.4, 0.5) is 0 Å². The van der Waals surface area contributed by atoms with E-state index in [1.807, 2.05) is 37.3 Å². The molecule has 1 unspecified atom stereocenters. The van der Waals surface area contributed by atoms with E-state index < -0.39 is 5.60 Å². The molecule has 0 amide bonds. The number of rotatable bonds is 2. The van der Waals surface area contributed by atoms with Gasteiger partial charge in [0.2, 0.25) is 0 Å². The lowest BCUT2D eigenvalue weighted by Gasteiger charge is -2.29. The first-order valence-corrected chi connectivity index (χ1v) is 4.84. The molecule has 2 rings (SSSR count). The number of hydrogen-bond acceptors (Lipinski definition) is 3. The molecule has 1 atom stereocenters. The number of aliphatic hydroxyl groups is 1. The molecule has 15 heavy (non-hydrogen) atoms. The van der Waals surface area contributed by atoms with E-state index in [1.165, 1.54) is 0 Å². The summed E-state index contributed by atoms with van der Waals surface area (Å²) in [7, 11) is 1.63. The third-order valence-corrected chi connectivity index (χ3v) is 2.49. The minimum Gasteiger partial charge on any atom is -0.497 e. The highest BCUT2D eigenvalue weighted by molar-refractivity contribution is 5.62. The van der Waals surface area contributed by atoms with Gasteiger partial charge in [0.1, 0.15) is 17.1 Å². The Balaban J connectivity index is 2.36. The Morgan fingerprint density at radius 1 is 1.47 bits per heavy atom.